The van der Waals surface area contributed by atoms with Crippen LogP contribution in [0.5, 0.6) is 0 Å². The van der Waals surface area contributed by atoms with Gasteiger partial charge in [0, 0.05) is 25.7 Å². The highest BCUT2D eigenvalue weighted by Gasteiger charge is 2.39. The quantitative estimate of drug-likeness (QED) is 0.684. The van der Waals surface area contributed by atoms with Crippen LogP contribution in [0.15, 0.2) is 40.9 Å². The fourth-order valence-electron chi connectivity index (χ4n) is 3.38. The minimum Gasteiger partial charge on any atom is -0.359 e. The van der Waals surface area contributed by atoms with Crippen LogP contribution in [-0.4, -0.2) is 52.3 Å². The molecule has 2 heterocycles. The van der Waals surface area contributed by atoms with E-state index in [0.717, 1.165) is 18.5 Å². The first-order valence-corrected chi connectivity index (χ1v) is 9.86. The number of carbonyl (C=O) groups excluding carboxylic acids is 3. The van der Waals surface area contributed by atoms with Crippen molar-refractivity contribution >= 4 is 17.7 Å². The average molecular weight is 398 g/mol. The molecule has 1 aromatic heterocycles. The van der Waals surface area contributed by atoms with Gasteiger partial charge in [-0.3, -0.25) is 14.4 Å². The van der Waals surface area contributed by atoms with Crippen LogP contribution < -0.4 is 5.32 Å². The van der Waals surface area contributed by atoms with Crippen molar-refractivity contribution in [3.05, 3.63) is 53.4 Å². The summed E-state index contributed by atoms with van der Waals surface area (Å²) in [6.45, 7) is 5.27. The van der Waals surface area contributed by atoms with Crippen LogP contribution in [0.25, 0.3) is 0 Å². The van der Waals surface area contributed by atoms with Crippen LogP contribution in [0.2, 0.25) is 0 Å². The molecule has 1 aliphatic rings. The Kier molecular flexibility index (Phi) is 6.64. The topological polar surface area (TPSA) is 95.8 Å². The Morgan fingerprint density at radius 2 is 1.97 bits per heavy atom. The van der Waals surface area contributed by atoms with Gasteiger partial charge in [-0.25, -0.2) is 0 Å². The Bertz CT molecular complexity index is 865. The van der Waals surface area contributed by atoms with Gasteiger partial charge in [0.2, 0.25) is 5.91 Å². The van der Waals surface area contributed by atoms with E-state index in [1.807, 2.05) is 13.0 Å². The minimum atomic E-state index is -0.884. The monoisotopic (exact) mass is 398 g/mol. The van der Waals surface area contributed by atoms with Crippen LogP contribution in [0.4, 0.5) is 0 Å². The second-order valence-electron chi connectivity index (χ2n) is 7.11. The predicted molar refractivity (Wildman–Crippen MR) is 105 cm³/mol. The molecule has 3 amide bonds. The second-order valence-corrected chi connectivity index (χ2v) is 7.11. The van der Waals surface area contributed by atoms with Gasteiger partial charge < -0.3 is 19.6 Å². The van der Waals surface area contributed by atoms with Crippen LogP contribution in [0.3, 0.4) is 0 Å². The highest BCUT2D eigenvalue weighted by molar-refractivity contribution is 6.35. The van der Waals surface area contributed by atoms with Crippen molar-refractivity contribution in [3.8, 4) is 0 Å². The molecule has 0 aliphatic carbocycles. The molecule has 8 heteroatoms. The molecule has 0 spiro atoms. The van der Waals surface area contributed by atoms with E-state index in [4.69, 9.17) is 4.52 Å². The molecule has 1 saturated heterocycles. The lowest BCUT2D eigenvalue weighted by Crippen LogP contribution is -2.57. The molecule has 1 fully saturated rings. The smallest absolute Gasteiger partial charge is 0.313 e. The lowest BCUT2D eigenvalue weighted by atomic mass is 10.0. The molecule has 154 valence electrons. The highest BCUT2D eigenvalue weighted by Crippen LogP contribution is 2.24. The standard InChI is InChI=1S/C21H26N4O4/c1-3-4-10-24-11-12-25(21(28)20(24)27)18(16-8-6-5-7-9-16)19(26)22-14-17-13-15(2)23-29-17/h5-9,13,18H,3-4,10-12,14H2,1-2H3,(H,22,26)/t18-/m0/s1. The number of hydrogen-bond acceptors (Lipinski definition) is 5. The Labute approximate surface area is 169 Å². The molecule has 1 N–H and O–H groups in total. The van der Waals surface area contributed by atoms with Crippen molar-refractivity contribution in [3.63, 3.8) is 0 Å². The number of benzene rings is 1. The molecule has 0 saturated carbocycles. The molecule has 0 bridgehead atoms. The number of aryl methyl sites for hydroxylation is 1. The first kappa shape index (κ1) is 20.6. The molecular formula is C21H26N4O4. The van der Waals surface area contributed by atoms with Crippen molar-refractivity contribution < 1.29 is 18.9 Å². The average Bonchev–Trinajstić information content (AvgIpc) is 3.15. The molecule has 29 heavy (non-hydrogen) atoms. The van der Waals surface area contributed by atoms with Gasteiger partial charge in [0.25, 0.3) is 0 Å². The van der Waals surface area contributed by atoms with E-state index in [-0.39, 0.29) is 12.5 Å². The zero-order valence-corrected chi connectivity index (χ0v) is 16.8. The van der Waals surface area contributed by atoms with Gasteiger partial charge in [-0.15, -0.1) is 0 Å². The summed E-state index contributed by atoms with van der Waals surface area (Å²) in [4.78, 5) is 41.4. The van der Waals surface area contributed by atoms with Crippen molar-refractivity contribution in [2.24, 2.45) is 0 Å². The van der Waals surface area contributed by atoms with E-state index in [1.54, 1.807) is 42.2 Å². The molecule has 2 aromatic rings. The number of carbonyl (C=O) groups is 3. The molecular weight excluding hydrogens is 372 g/mol. The van der Waals surface area contributed by atoms with Gasteiger partial charge in [-0.1, -0.05) is 48.8 Å². The van der Waals surface area contributed by atoms with Gasteiger partial charge in [0.1, 0.15) is 6.04 Å². The van der Waals surface area contributed by atoms with E-state index in [0.29, 0.717) is 31.0 Å². The summed E-state index contributed by atoms with van der Waals surface area (Å²) < 4.78 is 5.13. The summed E-state index contributed by atoms with van der Waals surface area (Å²) in [5.41, 5.74) is 1.37. The number of nitrogens with one attached hydrogen (secondary N) is 1. The van der Waals surface area contributed by atoms with Crippen LogP contribution in [0.1, 0.15) is 42.8 Å². The third-order valence-electron chi connectivity index (χ3n) is 4.91. The van der Waals surface area contributed by atoms with E-state index in [1.165, 1.54) is 4.90 Å². The maximum absolute atomic E-state index is 13.0. The van der Waals surface area contributed by atoms with Crippen molar-refractivity contribution in [2.75, 3.05) is 19.6 Å². The van der Waals surface area contributed by atoms with E-state index >= 15 is 0 Å². The third kappa shape index (κ3) is 4.82. The molecule has 1 atom stereocenters. The van der Waals surface area contributed by atoms with Gasteiger partial charge in [-0.2, -0.15) is 0 Å². The van der Waals surface area contributed by atoms with E-state index in [2.05, 4.69) is 10.5 Å². The summed E-state index contributed by atoms with van der Waals surface area (Å²) in [5.74, 6) is -1.04. The van der Waals surface area contributed by atoms with E-state index < -0.39 is 17.9 Å². The van der Waals surface area contributed by atoms with Crippen LogP contribution in [0, 0.1) is 6.92 Å². The maximum Gasteiger partial charge on any atom is 0.313 e. The largest absolute Gasteiger partial charge is 0.359 e. The Morgan fingerprint density at radius 1 is 1.21 bits per heavy atom. The number of amides is 3. The van der Waals surface area contributed by atoms with Crippen molar-refractivity contribution in [1.29, 1.82) is 0 Å². The minimum absolute atomic E-state index is 0.154. The van der Waals surface area contributed by atoms with Crippen molar-refractivity contribution in [1.82, 2.24) is 20.3 Å². The Hall–Kier alpha value is -3.16. The Morgan fingerprint density at radius 3 is 2.62 bits per heavy atom. The molecule has 0 unspecified atom stereocenters. The summed E-state index contributed by atoms with van der Waals surface area (Å²) in [6.07, 6.45) is 1.79. The van der Waals surface area contributed by atoms with Gasteiger partial charge >= 0.3 is 11.8 Å². The van der Waals surface area contributed by atoms with E-state index in [9.17, 15) is 14.4 Å². The molecule has 1 aliphatic heterocycles. The first-order valence-electron chi connectivity index (χ1n) is 9.86. The predicted octanol–water partition coefficient (Wildman–Crippen LogP) is 1.81. The summed E-state index contributed by atoms with van der Waals surface area (Å²) in [5, 5.41) is 6.60. The van der Waals surface area contributed by atoms with Gasteiger partial charge in [0.15, 0.2) is 5.76 Å². The summed E-state index contributed by atoms with van der Waals surface area (Å²) in [6, 6.07) is 9.86. The fourth-order valence-corrected chi connectivity index (χ4v) is 3.38. The summed E-state index contributed by atoms with van der Waals surface area (Å²) in [7, 11) is 0. The molecule has 1 aromatic carbocycles. The third-order valence-corrected chi connectivity index (χ3v) is 4.91. The summed E-state index contributed by atoms with van der Waals surface area (Å²) >= 11 is 0. The van der Waals surface area contributed by atoms with Crippen LogP contribution in [-0.2, 0) is 20.9 Å². The second kappa shape index (κ2) is 9.36. The number of hydrogen-bond donors (Lipinski definition) is 1. The Balaban J connectivity index is 1.78. The van der Waals surface area contributed by atoms with Gasteiger partial charge in [-0.05, 0) is 18.9 Å². The number of piperazine rings is 1. The lowest BCUT2D eigenvalue weighted by Gasteiger charge is -2.38. The van der Waals surface area contributed by atoms with Crippen LogP contribution >= 0.6 is 0 Å². The highest BCUT2D eigenvalue weighted by atomic mass is 16.5. The zero-order chi connectivity index (χ0) is 20.8. The maximum atomic E-state index is 13.0. The number of rotatable bonds is 8. The van der Waals surface area contributed by atoms with Gasteiger partial charge in [0.05, 0.1) is 12.2 Å². The SMILES string of the molecule is CCCCN1CCN([C@H](C(=O)NCc2cc(C)no2)c2ccccc2)C(=O)C1=O. The number of unbranched alkanes of at least 4 members (excludes halogenated alkanes) is 1. The lowest BCUT2D eigenvalue weighted by molar-refractivity contribution is -0.159. The fraction of sp³-hybridized carbons (Fsp3) is 0.429. The normalized spacial score (nSPS) is 15.5. The van der Waals surface area contributed by atoms with Crippen molar-refractivity contribution in [2.45, 2.75) is 39.3 Å². The zero-order valence-electron chi connectivity index (χ0n) is 16.8. The molecule has 0 radical (unpaired) electrons. The molecule has 8 nitrogen and oxygen atoms in total. The molecule has 3 rings (SSSR count). The number of aromatic nitrogens is 1. The number of nitrogens with zero attached hydrogens (tertiary/aromatic N) is 3. The first-order chi connectivity index (χ1) is 14.0.